The topological polar surface area (TPSA) is 42.5 Å². The Labute approximate surface area is 161 Å². The van der Waals surface area contributed by atoms with Crippen molar-refractivity contribution < 1.29 is 9.47 Å². The minimum Gasteiger partial charge on any atom is -0.495 e. The molecular weight excluding hydrogens is 392 g/mol. The fourth-order valence-corrected chi connectivity index (χ4v) is 3.67. The van der Waals surface area contributed by atoms with Crippen LogP contribution in [0.5, 0.6) is 11.5 Å². The summed E-state index contributed by atoms with van der Waals surface area (Å²) in [6, 6.07) is 22.4. The number of anilines is 2. The summed E-state index contributed by atoms with van der Waals surface area (Å²) in [4.78, 5) is 0. The van der Waals surface area contributed by atoms with Crippen molar-refractivity contribution >= 4 is 27.3 Å². The Kier molecular flexibility index (Phi) is 4.24. The lowest BCUT2D eigenvalue weighted by atomic mass is 9.91. The summed E-state index contributed by atoms with van der Waals surface area (Å²) in [5.74, 6) is 1.53. The molecule has 0 aromatic heterocycles. The van der Waals surface area contributed by atoms with Crippen molar-refractivity contribution in [3.05, 3.63) is 82.3 Å². The molecule has 2 N–H and O–H groups in total. The Balaban J connectivity index is 1.93. The van der Waals surface area contributed by atoms with E-state index >= 15 is 0 Å². The van der Waals surface area contributed by atoms with Gasteiger partial charge in [0.2, 0.25) is 0 Å². The molecule has 5 heteroatoms. The maximum Gasteiger partial charge on any atom is 0.161 e. The standard InChI is InChI=1S/C21H19BrN2O2/c1-25-17-12-13-18(26-2)20-19(17)23-21(24-20,14-6-4-3-5-7-14)15-8-10-16(22)11-9-15/h3-13,23-24H,1-2H3. The maximum atomic E-state index is 5.58. The Morgan fingerprint density at radius 1 is 0.692 bits per heavy atom. The average molecular weight is 411 g/mol. The lowest BCUT2D eigenvalue weighted by Gasteiger charge is -2.32. The van der Waals surface area contributed by atoms with Crippen molar-refractivity contribution in [3.63, 3.8) is 0 Å². The van der Waals surface area contributed by atoms with Crippen molar-refractivity contribution in [1.82, 2.24) is 0 Å². The monoisotopic (exact) mass is 410 g/mol. The summed E-state index contributed by atoms with van der Waals surface area (Å²) in [7, 11) is 3.35. The summed E-state index contributed by atoms with van der Waals surface area (Å²) in [6.45, 7) is 0. The van der Waals surface area contributed by atoms with Gasteiger partial charge in [0.25, 0.3) is 0 Å². The second kappa shape index (κ2) is 6.57. The Hall–Kier alpha value is -2.66. The fourth-order valence-electron chi connectivity index (χ4n) is 3.40. The summed E-state index contributed by atoms with van der Waals surface area (Å²) < 4.78 is 12.2. The van der Waals surface area contributed by atoms with Gasteiger partial charge in [-0.2, -0.15) is 0 Å². The van der Waals surface area contributed by atoms with E-state index in [4.69, 9.17) is 9.47 Å². The van der Waals surface area contributed by atoms with Crippen molar-refractivity contribution in [2.75, 3.05) is 24.9 Å². The number of ether oxygens (including phenoxy) is 2. The first kappa shape index (κ1) is 16.8. The predicted octanol–water partition coefficient (Wildman–Crippen LogP) is 5.21. The van der Waals surface area contributed by atoms with E-state index in [1.165, 1.54) is 0 Å². The van der Waals surface area contributed by atoms with Crippen molar-refractivity contribution in [3.8, 4) is 11.5 Å². The molecule has 132 valence electrons. The van der Waals surface area contributed by atoms with Gasteiger partial charge >= 0.3 is 0 Å². The molecule has 26 heavy (non-hydrogen) atoms. The molecule has 0 saturated heterocycles. The maximum absolute atomic E-state index is 5.58. The second-order valence-electron chi connectivity index (χ2n) is 6.09. The van der Waals surface area contributed by atoms with Gasteiger partial charge < -0.3 is 20.1 Å². The molecule has 0 spiro atoms. The molecule has 0 fully saturated rings. The van der Waals surface area contributed by atoms with E-state index in [0.29, 0.717) is 0 Å². The van der Waals surface area contributed by atoms with Gasteiger partial charge in [-0.15, -0.1) is 0 Å². The molecule has 1 heterocycles. The number of rotatable bonds is 4. The zero-order valence-electron chi connectivity index (χ0n) is 14.5. The van der Waals surface area contributed by atoms with Crippen LogP contribution in [-0.4, -0.2) is 14.2 Å². The molecular formula is C21H19BrN2O2. The van der Waals surface area contributed by atoms with Crippen LogP contribution in [0.25, 0.3) is 0 Å². The molecule has 1 aliphatic heterocycles. The third-order valence-electron chi connectivity index (χ3n) is 4.68. The fraction of sp³-hybridized carbons (Fsp3) is 0.143. The van der Waals surface area contributed by atoms with Gasteiger partial charge in [0.05, 0.1) is 14.2 Å². The number of fused-ring (bicyclic) bond motifs is 1. The quantitative estimate of drug-likeness (QED) is 0.619. The summed E-state index contributed by atoms with van der Waals surface area (Å²) in [5.41, 5.74) is 3.35. The zero-order valence-corrected chi connectivity index (χ0v) is 16.1. The van der Waals surface area contributed by atoms with Gasteiger partial charge in [-0.25, -0.2) is 0 Å². The normalized spacial score (nSPS) is 14.1. The van der Waals surface area contributed by atoms with E-state index in [1.54, 1.807) is 14.2 Å². The molecule has 4 nitrogen and oxygen atoms in total. The first-order valence-electron chi connectivity index (χ1n) is 8.31. The van der Waals surface area contributed by atoms with Crippen LogP contribution < -0.4 is 20.1 Å². The van der Waals surface area contributed by atoms with Crippen molar-refractivity contribution in [1.29, 1.82) is 0 Å². The highest BCUT2D eigenvalue weighted by Gasteiger charge is 2.42. The minimum atomic E-state index is -0.619. The molecule has 0 aliphatic carbocycles. The van der Waals surface area contributed by atoms with Gasteiger partial charge in [-0.1, -0.05) is 58.4 Å². The highest BCUT2D eigenvalue weighted by atomic mass is 79.9. The smallest absolute Gasteiger partial charge is 0.161 e. The predicted molar refractivity (Wildman–Crippen MR) is 108 cm³/mol. The van der Waals surface area contributed by atoms with E-state index in [2.05, 4.69) is 50.8 Å². The van der Waals surface area contributed by atoms with Gasteiger partial charge in [0.1, 0.15) is 22.9 Å². The first-order valence-corrected chi connectivity index (χ1v) is 9.10. The van der Waals surface area contributed by atoms with Crippen LogP contribution in [0.4, 0.5) is 11.4 Å². The minimum absolute atomic E-state index is 0.619. The molecule has 1 aliphatic rings. The van der Waals surface area contributed by atoms with E-state index < -0.39 is 5.66 Å². The molecule has 3 aromatic rings. The van der Waals surface area contributed by atoms with Crippen LogP contribution in [-0.2, 0) is 5.66 Å². The Morgan fingerprint density at radius 3 is 1.69 bits per heavy atom. The van der Waals surface area contributed by atoms with Crippen LogP contribution in [0.15, 0.2) is 71.2 Å². The average Bonchev–Trinajstić information content (AvgIpc) is 3.10. The first-order chi connectivity index (χ1) is 12.7. The molecule has 0 radical (unpaired) electrons. The van der Waals surface area contributed by atoms with E-state index in [9.17, 15) is 0 Å². The third kappa shape index (κ3) is 2.59. The zero-order chi connectivity index (χ0) is 18.1. The van der Waals surface area contributed by atoms with E-state index in [-0.39, 0.29) is 0 Å². The number of halogens is 1. The number of hydrogen-bond acceptors (Lipinski definition) is 4. The van der Waals surface area contributed by atoms with Crippen molar-refractivity contribution in [2.45, 2.75) is 5.66 Å². The number of hydrogen-bond donors (Lipinski definition) is 2. The van der Waals surface area contributed by atoms with E-state index in [0.717, 1.165) is 38.5 Å². The van der Waals surface area contributed by atoms with Crippen LogP contribution >= 0.6 is 15.9 Å². The highest BCUT2D eigenvalue weighted by Crippen LogP contribution is 2.51. The Bertz CT molecular complexity index is 894. The third-order valence-corrected chi connectivity index (χ3v) is 5.21. The molecule has 0 bridgehead atoms. The van der Waals surface area contributed by atoms with Gasteiger partial charge in [-0.3, -0.25) is 0 Å². The van der Waals surface area contributed by atoms with Crippen LogP contribution in [0.2, 0.25) is 0 Å². The molecule has 3 aromatic carbocycles. The molecule has 0 amide bonds. The van der Waals surface area contributed by atoms with Gasteiger partial charge in [0, 0.05) is 15.6 Å². The molecule has 0 atom stereocenters. The van der Waals surface area contributed by atoms with Crippen molar-refractivity contribution in [2.24, 2.45) is 0 Å². The van der Waals surface area contributed by atoms with Crippen LogP contribution in [0.1, 0.15) is 11.1 Å². The van der Waals surface area contributed by atoms with Crippen LogP contribution in [0, 0.1) is 0 Å². The number of nitrogens with one attached hydrogen (secondary N) is 2. The summed E-state index contributed by atoms with van der Waals surface area (Å²) >= 11 is 3.52. The SMILES string of the molecule is COc1ccc(OC)c2c1NC(c1ccccc1)(c1ccc(Br)cc1)N2. The van der Waals surface area contributed by atoms with Crippen LogP contribution in [0.3, 0.4) is 0 Å². The second-order valence-corrected chi connectivity index (χ2v) is 7.01. The number of methoxy groups -OCH3 is 2. The molecule has 4 rings (SSSR count). The Morgan fingerprint density at radius 2 is 1.19 bits per heavy atom. The van der Waals surface area contributed by atoms with Gasteiger partial charge in [0.15, 0.2) is 5.66 Å². The molecule has 0 unspecified atom stereocenters. The highest BCUT2D eigenvalue weighted by molar-refractivity contribution is 9.10. The van der Waals surface area contributed by atoms with E-state index in [1.807, 2.05) is 42.5 Å². The lowest BCUT2D eigenvalue weighted by Crippen LogP contribution is -2.40. The summed E-state index contributed by atoms with van der Waals surface area (Å²) in [5, 5.41) is 7.33. The molecule has 0 saturated carbocycles. The summed E-state index contributed by atoms with van der Waals surface area (Å²) in [6.07, 6.45) is 0. The number of benzene rings is 3. The van der Waals surface area contributed by atoms with Gasteiger partial charge in [-0.05, 0) is 24.3 Å². The largest absolute Gasteiger partial charge is 0.495 e. The lowest BCUT2D eigenvalue weighted by molar-refractivity contribution is 0.407.